The summed E-state index contributed by atoms with van der Waals surface area (Å²) in [7, 11) is -1.86. The molecule has 6 nitrogen and oxygen atoms in total. The first-order chi connectivity index (χ1) is 9.29. The van der Waals surface area contributed by atoms with E-state index in [0.717, 1.165) is 15.7 Å². The molecule has 3 N–H and O–H groups in total. The highest BCUT2D eigenvalue weighted by molar-refractivity contribution is 9.10. The second-order valence-corrected chi connectivity index (χ2v) is 7.07. The Labute approximate surface area is 126 Å². The van der Waals surface area contributed by atoms with E-state index in [4.69, 9.17) is 5.73 Å². The van der Waals surface area contributed by atoms with Crippen molar-refractivity contribution in [3.63, 3.8) is 0 Å². The van der Waals surface area contributed by atoms with Crippen LogP contribution < -0.4 is 10.5 Å². The topological polar surface area (TPSA) is 90.0 Å². The Morgan fingerprint density at radius 2 is 2.15 bits per heavy atom. The van der Waals surface area contributed by atoms with Gasteiger partial charge in [-0.05, 0) is 25.1 Å². The van der Waals surface area contributed by atoms with Crippen LogP contribution in [0.1, 0.15) is 11.3 Å². The predicted octanol–water partition coefficient (Wildman–Crippen LogP) is 1.55. The van der Waals surface area contributed by atoms with Crippen molar-refractivity contribution in [1.82, 2.24) is 14.5 Å². The fourth-order valence-corrected chi connectivity index (χ4v) is 3.33. The minimum absolute atomic E-state index is 0.0715. The van der Waals surface area contributed by atoms with Crippen LogP contribution in [0, 0.1) is 6.92 Å². The number of sulfonamides is 1. The molecule has 8 heteroatoms. The number of hydrogen-bond donors (Lipinski definition) is 2. The zero-order valence-electron chi connectivity index (χ0n) is 11.1. The van der Waals surface area contributed by atoms with Crippen LogP contribution in [0.5, 0.6) is 0 Å². The number of nitrogens with one attached hydrogen (secondary N) is 1. The Balaban J connectivity index is 2.21. The zero-order valence-corrected chi connectivity index (χ0v) is 13.5. The maximum Gasteiger partial charge on any atom is 0.242 e. The molecule has 0 atom stereocenters. The fraction of sp³-hybridized carbons (Fsp3) is 0.250. The second-order valence-electron chi connectivity index (χ2n) is 4.42. The maximum absolute atomic E-state index is 12.2. The number of nitrogen functional groups attached to an aromatic ring is 1. The Bertz CT molecular complexity index is 740. The van der Waals surface area contributed by atoms with E-state index in [2.05, 4.69) is 25.8 Å². The van der Waals surface area contributed by atoms with Gasteiger partial charge in [0.25, 0.3) is 0 Å². The summed E-state index contributed by atoms with van der Waals surface area (Å²) in [6, 6.07) is 4.67. The molecule has 0 amide bonds. The molecule has 2 aromatic rings. The van der Waals surface area contributed by atoms with Crippen molar-refractivity contribution in [2.45, 2.75) is 18.4 Å². The summed E-state index contributed by atoms with van der Waals surface area (Å²) in [6.45, 7) is 2.01. The third-order valence-corrected chi connectivity index (χ3v) is 4.80. The van der Waals surface area contributed by atoms with E-state index in [9.17, 15) is 8.42 Å². The third kappa shape index (κ3) is 3.20. The number of halogens is 1. The summed E-state index contributed by atoms with van der Waals surface area (Å²) in [6.07, 6.45) is 1.78. The number of anilines is 1. The van der Waals surface area contributed by atoms with Crippen molar-refractivity contribution in [1.29, 1.82) is 0 Å². The van der Waals surface area contributed by atoms with Crippen molar-refractivity contribution < 1.29 is 8.42 Å². The molecule has 0 aliphatic heterocycles. The fourth-order valence-electron chi connectivity index (χ4n) is 1.84. The van der Waals surface area contributed by atoms with Gasteiger partial charge in [-0.15, -0.1) is 0 Å². The van der Waals surface area contributed by atoms with Gasteiger partial charge in [-0.1, -0.05) is 15.9 Å². The van der Waals surface area contributed by atoms with Crippen molar-refractivity contribution in [2.24, 2.45) is 7.05 Å². The largest absolute Gasteiger partial charge is 0.398 e. The molecule has 0 saturated carbocycles. The minimum Gasteiger partial charge on any atom is -0.398 e. The van der Waals surface area contributed by atoms with Crippen LogP contribution in [0.3, 0.4) is 0 Å². The smallest absolute Gasteiger partial charge is 0.242 e. The standard InChI is InChI=1S/C12H15BrN4O2S/c1-8-9(7-17(2)16-8)6-15-20(18,19)12-4-3-10(13)5-11(12)14/h3-5,7,15H,6,14H2,1-2H3. The lowest BCUT2D eigenvalue weighted by molar-refractivity contribution is 0.581. The van der Waals surface area contributed by atoms with E-state index in [1.54, 1.807) is 30.1 Å². The van der Waals surface area contributed by atoms with Crippen LogP contribution in [-0.4, -0.2) is 18.2 Å². The number of rotatable bonds is 4. The molecular weight excluding hydrogens is 344 g/mol. The molecule has 1 heterocycles. The van der Waals surface area contributed by atoms with Crippen LogP contribution >= 0.6 is 15.9 Å². The van der Waals surface area contributed by atoms with Crippen molar-refractivity contribution in [2.75, 3.05) is 5.73 Å². The second kappa shape index (κ2) is 5.55. The molecule has 0 spiro atoms. The minimum atomic E-state index is -3.65. The lowest BCUT2D eigenvalue weighted by Crippen LogP contribution is -2.24. The van der Waals surface area contributed by atoms with Crippen molar-refractivity contribution >= 4 is 31.6 Å². The number of nitrogens with zero attached hydrogens (tertiary/aromatic N) is 2. The summed E-state index contributed by atoms with van der Waals surface area (Å²) in [5, 5.41) is 4.16. The molecule has 0 saturated heterocycles. The Kier molecular flexibility index (Phi) is 4.17. The SMILES string of the molecule is Cc1nn(C)cc1CNS(=O)(=O)c1ccc(Br)cc1N. The van der Waals surface area contributed by atoms with E-state index in [0.29, 0.717) is 0 Å². The Hall–Kier alpha value is -1.38. The zero-order chi connectivity index (χ0) is 14.9. The first kappa shape index (κ1) is 15.0. The molecule has 1 aromatic carbocycles. The van der Waals surface area contributed by atoms with Crippen LogP contribution in [0.25, 0.3) is 0 Å². The predicted molar refractivity (Wildman–Crippen MR) is 80.5 cm³/mol. The Morgan fingerprint density at radius 3 is 2.70 bits per heavy atom. The molecule has 20 heavy (non-hydrogen) atoms. The van der Waals surface area contributed by atoms with E-state index in [1.165, 1.54) is 6.07 Å². The van der Waals surface area contributed by atoms with Crippen molar-refractivity contribution in [3.8, 4) is 0 Å². The number of hydrogen-bond acceptors (Lipinski definition) is 4. The lowest BCUT2D eigenvalue weighted by Gasteiger charge is -2.09. The first-order valence-electron chi connectivity index (χ1n) is 5.83. The van der Waals surface area contributed by atoms with Gasteiger partial charge in [-0.2, -0.15) is 5.10 Å². The molecule has 0 fully saturated rings. The number of aryl methyl sites for hydroxylation is 2. The molecular formula is C12H15BrN4O2S. The van der Waals surface area contributed by atoms with Crippen molar-refractivity contribution in [3.05, 3.63) is 40.1 Å². The van der Waals surface area contributed by atoms with Crippen LogP contribution in [0.4, 0.5) is 5.69 Å². The molecule has 0 radical (unpaired) electrons. The van der Waals surface area contributed by atoms with Gasteiger partial charge in [0.2, 0.25) is 10.0 Å². The molecule has 2 rings (SSSR count). The molecule has 1 aromatic heterocycles. The van der Waals surface area contributed by atoms with Crippen LogP contribution in [0.2, 0.25) is 0 Å². The molecule has 0 unspecified atom stereocenters. The van der Waals surface area contributed by atoms with Crippen LogP contribution in [-0.2, 0) is 23.6 Å². The highest BCUT2D eigenvalue weighted by Crippen LogP contribution is 2.22. The summed E-state index contributed by atoms with van der Waals surface area (Å²) in [5.41, 5.74) is 7.56. The monoisotopic (exact) mass is 358 g/mol. The normalized spacial score (nSPS) is 11.8. The Morgan fingerprint density at radius 1 is 1.45 bits per heavy atom. The average molecular weight is 359 g/mol. The summed E-state index contributed by atoms with van der Waals surface area (Å²) in [5.74, 6) is 0. The number of nitrogens with two attached hydrogens (primary N) is 1. The van der Waals surface area contributed by atoms with Gasteiger partial charge in [0.15, 0.2) is 0 Å². The van der Waals surface area contributed by atoms with Gasteiger partial charge in [0, 0.05) is 29.8 Å². The highest BCUT2D eigenvalue weighted by Gasteiger charge is 2.18. The molecule has 0 aliphatic carbocycles. The highest BCUT2D eigenvalue weighted by atomic mass is 79.9. The quantitative estimate of drug-likeness (QED) is 0.811. The maximum atomic E-state index is 12.2. The van der Waals surface area contributed by atoms with E-state index in [-0.39, 0.29) is 17.1 Å². The molecule has 0 aliphatic rings. The lowest BCUT2D eigenvalue weighted by atomic mass is 10.3. The van der Waals surface area contributed by atoms with Crippen LogP contribution in [0.15, 0.2) is 33.8 Å². The van der Waals surface area contributed by atoms with Gasteiger partial charge in [0.1, 0.15) is 4.90 Å². The van der Waals surface area contributed by atoms with E-state index >= 15 is 0 Å². The van der Waals surface area contributed by atoms with Gasteiger partial charge in [-0.3, -0.25) is 4.68 Å². The number of aromatic nitrogens is 2. The van der Waals surface area contributed by atoms with Gasteiger partial charge < -0.3 is 5.73 Å². The molecule has 0 bridgehead atoms. The summed E-state index contributed by atoms with van der Waals surface area (Å²) in [4.78, 5) is 0.0715. The summed E-state index contributed by atoms with van der Waals surface area (Å²) < 4.78 is 29.4. The first-order valence-corrected chi connectivity index (χ1v) is 8.11. The third-order valence-electron chi connectivity index (χ3n) is 2.83. The van der Waals surface area contributed by atoms with Gasteiger partial charge in [-0.25, -0.2) is 13.1 Å². The van der Waals surface area contributed by atoms with E-state index in [1.807, 2.05) is 6.92 Å². The van der Waals surface area contributed by atoms with Gasteiger partial charge >= 0.3 is 0 Å². The average Bonchev–Trinajstić information content (AvgIpc) is 2.65. The molecule has 108 valence electrons. The van der Waals surface area contributed by atoms with E-state index < -0.39 is 10.0 Å². The number of benzene rings is 1. The summed E-state index contributed by atoms with van der Waals surface area (Å²) >= 11 is 3.24. The van der Waals surface area contributed by atoms with Gasteiger partial charge in [0.05, 0.1) is 11.4 Å².